The van der Waals surface area contributed by atoms with Crippen LogP contribution in [-0.2, 0) is 9.47 Å². The Hall–Kier alpha value is -1.11. The highest BCUT2D eigenvalue weighted by Crippen LogP contribution is 2.19. The number of ether oxygens (including phenoxy) is 2. The summed E-state index contributed by atoms with van der Waals surface area (Å²) in [5, 5.41) is 8.87. The Morgan fingerprint density at radius 1 is 1.55 bits per heavy atom. The zero-order valence-corrected chi connectivity index (χ0v) is 14.5. The van der Waals surface area contributed by atoms with Gasteiger partial charge >= 0.3 is 0 Å². The molecular formula is C16H27N3O2S. The second kappa shape index (κ2) is 9.12. The predicted octanol–water partition coefficient (Wildman–Crippen LogP) is 2.21. The molecule has 1 aliphatic heterocycles. The van der Waals surface area contributed by atoms with Crippen molar-refractivity contribution >= 4 is 17.3 Å². The Morgan fingerprint density at radius 2 is 2.41 bits per heavy atom. The highest BCUT2D eigenvalue weighted by Gasteiger charge is 2.17. The van der Waals surface area contributed by atoms with Crippen LogP contribution in [0.1, 0.15) is 31.1 Å². The summed E-state index contributed by atoms with van der Waals surface area (Å²) in [6, 6.07) is 4.48. The number of rotatable bonds is 7. The van der Waals surface area contributed by atoms with Crippen LogP contribution in [0.3, 0.4) is 0 Å². The molecule has 5 nitrogen and oxygen atoms in total. The largest absolute Gasteiger partial charge is 0.379 e. The fourth-order valence-corrected chi connectivity index (χ4v) is 3.10. The van der Waals surface area contributed by atoms with Crippen molar-refractivity contribution in [2.24, 2.45) is 4.99 Å². The lowest BCUT2D eigenvalue weighted by molar-refractivity contribution is 0.0347. The molecule has 0 aromatic carbocycles. The van der Waals surface area contributed by atoms with E-state index >= 15 is 0 Å². The van der Waals surface area contributed by atoms with E-state index in [1.165, 1.54) is 4.88 Å². The van der Waals surface area contributed by atoms with Gasteiger partial charge < -0.3 is 20.1 Å². The number of hydrogen-bond acceptors (Lipinski definition) is 4. The number of nitrogens with zero attached hydrogens (tertiary/aromatic N) is 1. The van der Waals surface area contributed by atoms with Crippen LogP contribution in [-0.4, -0.2) is 51.5 Å². The van der Waals surface area contributed by atoms with Gasteiger partial charge in [0.15, 0.2) is 5.96 Å². The molecule has 1 aromatic rings. The highest BCUT2D eigenvalue weighted by molar-refractivity contribution is 7.10. The zero-order chi connectivity index (χ0) is 15.8. The minimum Gasteiger partial charge on any atom is -0.379 e. The van der Waals surface area contributed by atoms with Crippen LogP contribution in [0, 0.1) is 0 Å². The van der Waals surface area contributed by atoms with E-state index in [1.807, 2.05) is 0 Å². The Morgan fingerprint density at radius 3 is 3.05 bits per heavy atom. The molecule has 1 aliphatic rings. The van der Waals surface area contributed by atoms with E-state index in [0.717, 1.165) is 32.1 Å². The molecule has 1 aromatic heterocycles. The summed E-state index contributed by atoms with van der Waals surface area (Å²) in [5.41, 5.74) is 0. The minimum atomic E-state index is 0.212. The van der Waals surface area contributed by atoms with Crippen LogP contribution < -0.4 is 10.6 Å². The first-order valence-corrected chi connectivity index (χ1v) is 8.77. The first-order valence-electron chi connectivity index (χ1n) is 7.89. The van der Waals surface area contributed by atoms with Crippen LogP contribution in [0.25, 0.3) is 0 Å². The summed E-state index contributed by atoms with van der Waals surface area (Å²) in [4.78, 5) is 5.67. The summed E-state index contributed by atoms with van der Waals surface area (Å²) in [5.74, 6) is 1.29. The van der Waals surface area contributed by atoms with Gasteiger partial charge in [-0.2, -0.15) is 0 Å². The molecule has 2 N–H and O–H groups in total. The smallest absolute Gasteiger partial charge is 0.191 e. The van der Waals surface area contributed by atoms with Gasteiger partial charge in [-0.1, -0.05) is 13.0 Å². The molecule has 0 saturated carbocycles. The molecule has 0 aliphatic carbocycles. The Bertz CT molecular complexity index is 444. The summed E-state index contributed by atoms with van der Waals surface area (Å²) in [6.07, 6.45) is 1.25. The molecule has 2 rings (SSSR count). The van der Waals surface area contributed by atoms with Crippen molar-refractivity contribution in [2.45, 2.75) is 38.3 Å². The van der Waals surface area contributed by atoms with Gasteiger partial charge in [0.2, 0.25) is 0 Å². The standard InChI is InChI=1S/C16H27N3O2S/c1-12(15-5-4-8-22-15)9-18-16(17-3)19-13(2)10-21-14-6-7-20-11-14/h4-5,8,12-14H,6-7,9-11H2,1-3H3,(H2,17,18,19). The van der Waals surface area contributed by atoms with Gasteiger partial charge in [-0.25, -0.2) is 0 Å². The Kier molecular flexibility index (Phi) is 7.15. The minimum absolute atomic E-state index is 0.212. The van der Waals surface area contributed by atoms with E-state index in [0.29, 0.717) is 12.5 Å². The van der Waals surface area contributed by atoms with Crippen molar-refractivity contribution in [3.63, 3.8) is 0 Å². The van der Waals surface area contributed by atoms with Crippen LogP contribution in [0.2, 0.25) is 0 Å². The molecule has 3 atom stereocenters. The number of hydrogen-bond donors (Lipinski definition) is 2. The summed E-state index contributed by atoms with van der Waals surface area (Å²) < 4.78 is 11.1. The van der Waals surface area contributed by atoms with E-state index in [-0.39, 0.29) is 12.1 Å². The van der Waals surface area contributed by atoms with Gasteiger partial charge in [-0.05, 0) is 24.8 Å². The first kappa shape index (κ1) is 17.2. The summed E-state index contributed by atoms with van der Waals surface area (Å²) >= 11 is 1.79. The van der Waals surface area contributed by atoms with Crippen molar-refractivity contribution in [1.82, 2.24) is 10.6 Å². The number of aliphatic imine (C=N–C) groups is 1. The fraction of sp³-hybridized carbons (Fsp3) is 0.688. The fourth-order valence-electron chi connectivity index (χ4n) is 2.32. The molecule has 22 heavy (non-hydrogen) atoms. The maximum atomic E-state index is 5.83. The highest BCUT2D eigenvalue weighted by atomic mass is 32.1. The van der Waals surface area contributed by atoms with Gasteiger partial charge in [0, 0.05) is 37.0 Å². The van der Waals surface area contributed by atoms with Crippen molar-refractivity contribution in [3.05, 3.63) is 22.4 Å². The molecule has 3 unspecified atom stereocenters. The molecule has 6 heteroatoms. The number of nitrogens with one attached hydrogen (secondary N) is 2. The quantitative estimate of drug-likeness (QED) is 0.596. The monoisotopic (exact) mass is 325 g/mol. The second-order valence-electron chi connectivity index (χ2n) is 5.73. The first-order chi connectivity index (χ1) is 10.7. The summed E-state index contributed by atoms with van der Waals surface area (Å²) in [7, 11) is 1.80. The van der Waals surface area contributed by atoms with Crippen LogP contribution in [0.15, 0.2) is 22.5 Å². The van der Waals surface area contributed by atoms with E-state index in [4.69, 9.17) is 9.47 Å². The molecule has 1 fully saturated rings. The average molecular weight is 325 g/mol. The Balaban J connectivity index is 1.67. The lowest BCUT2D eigenvalue weighted by atomic mass is 10.1. The summed E-state index contributed by atoms with van der Waals surface area (Å²) in [6.45, 7) is 7.39. The molecule has 1 saturated heterocycles. The molecule has 0 bridgehead atoms. The third kappa shape index (κ3) is 5.59. The van der Waals surface area contributed by atoms with E-state index < -0.39 is 0 Å². The molecule has 0 amide bonds. The third-order valence-electron chi connectivity index (χ3n) is 3.68. The van der Waals surface area contributed by atoms with E-state index in [2.05, 4.69) is 47.0 Å². The van der Waals surface area contributed by atoms with Crippen molar-refractivity contribution in [1.29, 1.82) is 0 Å². The number of guanidine groups is 1. The van der Waals surface area contributed by atoms with Gasteiger partial charge in [-0.3, -0.25) is 4.99 Å². The van der Waals surface area contributed by atoms with Crippen molar-refractivity contribution < 1.29 is 9.47 Å². The van der Waals surface area contributed by atoms with Crippen LogP contribution in [0.5, 0.6) is 0 Å². The van der Waals surface area contributed by atoms with Crippen LogP contribution >= 0.6 is 11.3 Å². The maximum Gasteiger partial charge on any atom is 0.191 e. The maximum absolute atomic E-state index is 5.83. The third-order valence-corrected chi connectivity index (χ3v) is 4.78. The zero-order valence-electron chi connectivity index (χ0n) is 13.7. The second-order valence-corrected chi connectivity index (χ2v) is 6.71. The lowest BCUT2D eigenvalue weighted by Gasteiger charge is -2.20. The lowest BCUT2D eigenvalue weighted by Crippen LogP contribution is -2.45. The SMILES string of the molecule is CN=C(NCC(C)c1cccs1)NC(C)COC1CCOC1. The van der Waals surface area contributed by atoms with E-state index in [9.17, 15) is 0 Å². The van der Waals surface area contributed by atoms with Gasteiger partial charge in [0.1, 0.15) is 0 Å². The topological polar surface area (TPSA) is 54.9 Å². The number of thiophene rings is 1. The normalized spacial score (nSPS) is 21.6. The molecule has 124 valence electrons. The molecular weight excluding hydrogens is 298 g/mol. The molecule has 0 radical (unpaired) electrons. The van der Waals surface area contributed by atoms with Crippen molar-refractivity contribution in [2.75, 3.05) is 33.4 Å². The van der Waals surface area contributed by atoms with Crippen molar-refractivity contribution in [3.8, 4) is 0 Å². The molecule has 0 spiro atoms. The van der Waals surface area contributed by atoms with Crippen LogP contribution in [0.4, 0.5) is 0 Å². The van der Waals surface area contributed by atoms with Gasteiger partial charge in [-0.15, -0.1) is 11.3 Å². The predicted molar refractivity (Wildman–Crippen MR) is 91.9 cm³/mol. The van der Waals surface area contributed by atoms with E-state index in [1.54, 1.807) is 18.4 Å². The van der Waals surface area contributed by atoms with Gasteiger partial charge in [0.05, 0.1) is 19.3 Å². The average Bonchev–Trinajstić information content (AvgIpc) is 3.22. The van der Waals surface area contributed by atoms with Gasteiger partial charge in [0.25, 0.3) is 0 Å². The molecule has 2 heterocycles. The Labute approximate surface area is 137 Å².